The number of aromatic nitrogens is 1. The van der Waals surface area contributed by atoms with Crippen LogP contribution in [0.1, 0.15) is 0 Å². The van der Waals surface area contributed by atoms with Crippen molar-refractivity contribution in [1.29, 1.82) is 0 Å². The van der Waals surface area contributed by atoms with Crippen molar-refractivity contribution < 1.29 is 19.2 Å². The molecule has 0 saturated carbocycles. The average molecular weight is 312 g/mol. The standard InChI is InChI=1S/C16H12N2O5/c1-22-16(19)23-12-6-7-13-11(10-12)8-9-17(13)14-4-2-3-5-15(14)18(20)21/h2-10H,1H3. The third-order valence-corrected chi connectivity index (χ3v) is 3.37. The zero-order valence-corrected chi connectivity index (χ0v) is 12.1. The fourth-order valence-corrected chi connectivity index (χ4v) is 2.35. The van der Waals surface area contributed by atoms with Gasteiger partial charge in [0.05, 0.1) is 17.5 Å². The quantitative estimate of drug-likeness (QED) is 0.319. The van der Waals surface area contributed by atoms with Gasteiger partial charge in [0.15, 0.2) is 0 Å². The first-order chi connectivity index (χ1) is 11.1. The summed E-state index contributed by atoms with van der Waals surface area (Å²) in [5, 5.41) is 12.0. The Morgan fingerprint density at radius 2 is 1.96 bits per heavy atom. The van der Waals surface area contributed by atoms with Crippen LogP contribution >= 0.6 is 0 Å². The normalized spacial score (nSPS) is 10.5. The highest BCUT2D eigenvalue weighted by Crippen LogP contribution is 2.29. The molecule has 0 unspecified atom stereocenters. The molecule has 3 rings (SSSR count). The molecule has 0 spiro atoms. The fourth-order valence-electron chi connectivity index (χ4n) is 2.35. The number of fused-ring (bicyclic) bond motifs is 1. The van der Waals surface area contributed by atoms with E-state index in [1.165, 1.54) is 13.2 Å². The van der Waals surface area contributed by atoms with E-state index in [-0.39, 0.29) is 5.69 Å². The summed E-state index contributed by atoms with van der Waals surface area (Å²) in [5.74, 6) is 0.338. The molecule has 0 N–H and O–H groups in total. The number of carbonyl (C=O) groups is 1. The van der Waals surface area contributed by atoms with Crippen LogP contribution in [-0.4, -0.2) is 22.8 Å². The van der Waals surface area contributed by atoms with Crippen LogP contribution in [0.4, 0.5) is 10.5 Å². The van der Waals surface area contributed by atoms with Gasteiger partial charge in [0.25, 0.3) is 5.69 Å². The van der Waals surface area contributed by atoms with Crippen LogP contribution in [-0.2, 0) is 4.74 Å². The van der Waals surface area contributed by atoms with E-state index in [1.807, 2.05) is 0 Å². The SMILES string of the molecule is COC(=O)Oc1ccc2c(ccn2-c2ccccc2[N+](=O)[O-])c1. The predicted octanol–water partition coefficient (Wildman–Crippen LogP) is 3.68. The fraction of sp³-hybridized carbons (Fsp3) is 0.0625. The van der Waals surface area contributed by atoms with E-state index >= 15 is 0 Å². The van der Waals surface area contributed by atoms with E-state index in [1.54, 1.807) is 53.2 Å². The Hall–Kier alpha value is -3.35. The van der Waals surface area contributed by atoms with E-state index in [2.05, 4.69) is 4.74 Å². The Balaban J connectivity index is 2.07. The predicted molar refractivity (Wildman–Crippen MR) is 83.0 cm³/mol. The Labute approximate surface area is 130 Å². The number of methoxy groups -OCH3 is 1. The van der Waals surface area contributed by atoms with Gasteiger partial charge in [-0.3, -0.25) is 10.1 Å². The third-order valence-electron chi connectivity index (χ3n) is 3.37. The second-order valence-electron chi connectivity index (χ2n) is 4.71. The number of nitro benzene ring substituents is 1. The number of nitro groups is 1. The molecule has 0 aliphatic rings. The maximum Gasteiger partial charge on any atom is 0.513 e. The van der Waals surface area contributed by atoms with Crippen LogP contribution < -0.4 is 4.74 Å². The Morgan fingerprint density at radius 3 is 2.70 bits per heavy atom. The van der Waals surface area contributed by atoms with Crippen molar-refractivity contribution in [2.45, 2.75) is 0 Å². The van der Waals surface area contributed by atoms with Gasteiger partial charge >= 0.3 is 6.16 Å². The van der Waals surface area contributed by atoms with Crippen LogP contribution in [0, 0.1) is 10.1 Å². The Kier molecular flexibility index (Phi) is 3.68. The third kappa shape index (κ3) is 2.71. The summed E-state index contributed by atoms with van der Waals surface area (Å²) >= 11 is 0. The molecule has 0 aliphatic heterocycles. The van der Waals surface area contributed by atoms with E-state index in [0.717, 1.165) is 10.9 Å². The second-order valence-corrected chi connectivity index (χ2v) is 4.71. The van der Waals surface area contributed by atoms with Gasteiger partial charge in [-0.05, 0) is 30.3 Å². The first-order valence-corrected chi connectivity index (χ1v) is 6.71. The number of hydrogen-bond acceptors (Lipinski definition) is 5. The van der Waals surface area contributed by atoms with Crippen molar-refractivity contribution in [2.24, 2.45) is 0 Å². The van der Waals surface area contributed by atoms with Gasteiger partial charge < -0.3 is 14.0 Å². The smallest absolute Gasteiger partial charge is 0.437 e. The molecule has 0 saturated heterocycles. The molecule has 0 aliphatic carbocycles. The Bertz CT molecular complexity index is 900. The maximum absolute atomic E-state index is 11.2. The first-order valence-electron chi connectivity index (χ1n) is 6.71. The lowest BCUT2D eigenvalue weighted by atomic mass is 10.2. The van der Waals surface area contributed by atoms with Crippen LogP contribution in [0.2, 0.25) is 0 Å². The lowest BCUT2D eigenvalue weighted by molar-refractivity contribution is -0.384. The molecular weight excluding hydrogens is 300 g/mol. The largest absolute Gasteiger partial charge is 0.513 e. The van der Waals surface area contributed by atoms with Crippen LogP contribution in [0.3, 0.4) is 0 Å². The number of rotatable bonds is 3. The molecule has 7 heteroatoms. The van der Waals surface area contributed by atoms with Crippen LogP contribution in [0.15, 0.2) is 54.7 Å². The molecule has 0 bridgehead atoms. The van der Waals surface area contributed by atoms with Gasteiger partial charge in [0, 0.05) is 17.6 Å². The number of carbonyl (C=O) groups excluding carboxylic acids is 1. The van der Waals surface area contributed by atoms with Crippen molar-refractivity contribution in [3.05, 3.63) is 64.8 Å². The second kappa shape index (κ2) is 5.80. The van der Waals surface area contributed by atoms with Crippen molar-refractivity contribution >= 4 is 22.7 Å². The molecule has 2 aromatic carbocycles. The van der Waals surface area contributed by atoms with E-state index in [0.29, 0.717) is 11.4 Å². The van der Waals surface area contributed by atoms with Gasteiger partial charge in [-0.25, -0.2) is 4.79 Å². The average Bonchev–Trinajstić information content (AvgIpc) is 2.97. The van der Waals surface area contributed by atoms with Gasteiger partial charge in [0.2, 0.25) is 0 Å². The summed E-state index contributed by atoms with van der Waals surface area (Å²) in [5.41, 5.74) is 1.24. The minimum absolute atomic E-state index is 0.0138. The highest BCUT2D eigenvalue weighted by atomic mass is 16.7. The number of nitrogens with zero attached hydrogens (tertiary/aromatic N) is 2. The first kappa shape index (κ1) is 14.6. The minimum atomic E-state index is -0.803. The van der Waals surface area contributed by atoms with Crippen molar-refractivity contribution in [3.8, 4) is 11.4 Å². The summed E-state index contributed by atoms with van der Waals surface area (Å²) in [4.78, 5) is 21.9. The molecular formula is C16H12N2O5. The molecule has 1 heterocycles. The minimum Gasteiger partial charge on any atom is -0.437 e. The highest BCUT2D eigenvalue weighted by molar-refractivity contribution is 5.84. The van der Waals surface area contributed by atoms with Gasteiger partial charge in [-0.15, -0.1) is 0 Å². The number of ether oxygens (including phenoxy) is 2. The van der Waals surface area contributed by atoms with Gasteiger partial charge in [-0.2, -0.15) is 0 Å². The summed E-state index contributed by atoms with van der Waals surface area (Å²) in [6.45, 7) is 0. The lowest BCUT2D eigenvalue weighted by Crippen LogP contribution is -2.07. The van der Waals surface area contributed by atoms with Crippen LogP contribution in [0.25, 0.3) is 16.6 Å². The van der Waals surface area contributed by atoms with Crippen LogP contribution in [0.5, 0.6) is 5.75 Å². The van der Waals surface area contributed by atoms with Gasteiger partial charge in [0.1, 0.15) is 11.4 Å². The van der Waals surface area contributed by atoms with Crippen molar-refractivity contribution in [1.82, 2.24) is 4.57 Å². The van der Waals surface area contributed by atoms with E-state index in [9.17, 15) is 14.9 Å². The highest BCUT2D eigenvalue weighted by Gasteiger charge is 2.16. The zero-order chi connectivity index (χ0) is 16.4. The van der Waals surface area contributed by atoms with Crippen molar-refractivity contribution in [3.63, 3.8) is 0 Å². The van der Waals surface area contributed by atoms with E-state index < -0.39 is 11.1 Å². The monoisotopic (exact) mass is 312 g/mol. The maximum atomic E-state index is 11.2. The lowest BCUT2D eigenvalue weighted by Gasteiger charge is -2.07. The molecule has 116 valence electrons. The summed E-state index contributed by atoms with van der Waals surface area (Å²) < 4.78 is 11.1. The molecule has 0 atom stereocenters. The molecule has 3 aromatic rings. The zero-order valence-electron chi connectivity index (χ0n) is 12.1. The van der Waals surface area contributed by atoms with Crippen molar-refractivity contribution in [2.75, 3.05) is 7.11 Å². The molecule has 0 amide bonds. The topological polar surface area (TPSA) is 83.6 Å². The molecule has 1 aromatic heterocycles. The summed E-state index contributed by atoms with van der Waals surface area (Å²) in [7, 11) is 1.23. The molecule has 0 radical (unpaired) electrons. The molecule has 23 heavy (non-hydrogen) atoms. The van der Waals surface area contributed by atoms with E-state index in [4.69, 9.17) is 4.74 Å². The number of para-hydroxylation sites is 2. The molecule has 0 fully saturated rings. The number of benzene rings is 2. The van der Waals surface area contributed by atoms with Gasteiger partial charge in [-0.1, -0.05) is 12.1 Å². The number of hydrogen-bond donors (Lipinski definition) is 0. The molecule has 7 nitrogen and oxygen atoms in total. The summed E-state index contributed by atoms with van der Waals surface area (Å²) in [6, 6.07) is 13.3. The summed E-state index contributed by atoms with van der Waals surface area (Å²) in [6.07, 6.45) is 0.928. The Morgan fingerprint density at radius 1 is 1.17 bits per heavy atom.